The van der Waals surface area contributed by atoms with Crippen LogP contribution in [0, 0.1) is 17.2 Å². The first-order valence-corrected chi connectivity index (χ1v) is 12.9. The van der Waals surface area contributed by atoms with Crippen molar-refractivity contribution < 1.29 is 37.1 Å². The lowest BCUT2D eigenvalue weighted by molar-refractivity contribution is -0.175. The molecule has 3 heterocycles. The number of amides is 4. The Morgan fingerprint density at radius 1 is 1.40 bits per heavy atom. The van der Waals surface area contributed by atoms with E-state index in [4.69, 9.17) is 10.5 Å². The summed E-state index contributed by atoms with van der Waals surface area (Å²) >= 11 is 0. The van der Waals surface area contributed by atoms with Gasteiger partial charge in [-0.15, -0.1) is 0 Å². The summed E-state index contributed by atoms with van der Waals surface area (Å²) in [5.74, 6) is -3.80. The molecule has 3 aliphatic rings. The van der Waals surface area contributed by atoms with E-state index in [-0.39, 0.29) is 56.3 Å². The highest BCUT2D eigenvalue weighted by Crippen LogP contribution is 2.40. The predicted octanol–water partition coefficient (Wildman–Crippen LogP) is 0.689. The number of pyridine rings is 1. The summed E-state index contributed by atoms with van der Waals surface area (Å²) in [6, 6.07) is 1.45. The Kier molecular flexibility index (Phi) is 8.20. The van der Waals surface area contributed by atoms with Crippen molar-refractivity contribution in [2.45, 2.75) is 68.4 Å². The van der Waals surface area contributed by atoms with Gasteiger partial charge in [-0.2, -0.15) is 18.4 Å². The quantitative estimate of drug-likeness (QED) is 0.393. The summed E-state index contributed by atoms with van der Waals surface area (Å²) < 4.78 is 44.8. The van der Waals surface area contributed by atoms with Gasteiger partial charge in [0, 0.05) is 19.7 Å². The van der Waals surface area contributed by atoms with Crippen LogP contribution in [0.15, 0.2) is 18.3 Å². The standard InChI is InChI=1S/C25H30F3N7O5/c1-34(20(36)16(4-2-8-29)32-23(39)25(26,27)28)17(10-14-6-7-14)21(37)35-13-24(11-15(35)12-30)22(38)33-19-18(40-24)5-3-9-31-19/h3,5,9,14-17H,2,4,6-8,10-11,13,29H2,1H3,(H,32,39)(H,31,33,38)/t15-,16-,17-,24+/m0/s1. The molecule has 1 saturated heterocycles. The van der Waals surface area contributed by atoms with E-state index in [0.29, 0.717) is 0 Å². The van der Waals surface area contributed by atoms with E-state index in [1.807, 2.05) is 6.07 Å². The van der Waals surface area contributed by atoms with Gasteiger partial charge in [-0.25, -0.2) is 4.98 Å². The van der Waals surface area contributed by atoms with Crippen molar-refractivity contribution in [2.75, 3.05) is 25.5 Å². The number of nitriles is 1. The normalized spacial score (nSPS) is 23.4. The van der Waals surface area contributed by atoms with E-state index >= 15 is 0 Å². The summed E-state index contributed by atoms with van der Waals surface area (Å²) in [4.78, 5) is 58.2. The molecule has 4 N–H and O–H groups in total. The third kappa shape index (κ3) is 5.96. The van der Waals surface area contributed by atoms with Gasteiger partial charge in [-0.05, 0) is 43.9 Å². The molecule has 1 aromatic rings. The number of carbonyl (C=O) groups excluding carboxylic acids is 4. The number of likely N-dealkylation sites (N-methyl/N-ethyl adjacent to an activating group) is 1. The average Bonchev–Trinajstić information content (AvgIpc) is 3.67. The molecular formula is C25H30F3N7O5. The number of hydrogen-bond donors (Lipinski definition) is 3. The lowest BCUT2D eigenvalue weighted by Gasteiger charge is -2.35. The Bertz CT molecular complexity index is 1220. The van der Waals surface area contributed by atoms with Gasteiger partial charge in [0.05, 0.1) is 12.6 Å². The zero-order chi connectivity index (χ0) is 29.2. The lowest BCUT2D eigenvalue weighted by atomic mass is 9.97. The van der Waals surface area contributed by atoms with Crippen LogP contribution >= 0.6 is 0 Å². The molecule has 0 unspecified atom stereocenters. The molecule has 1 aliphatic carbocycles. The second kappa shape index (κ2) is 11.3. The Hall–Kier alpha value is -3.93. The fourth-order valence-electron chi connectivity index (χ4n) is 5.01. The number of rotatable bonds is 9. The van der Waals surface area contributed by atoms with E-state index < -0.39 is 53.5 Å². The van der Waals surface area contributed by atoms with Crippen LogP contribution in [0.5, 0.6) is 5.75 Å². The first-order chi connectivity index (χ1) is 18.9. The minimum Gasteiger partial charge on any atom is -0.472 e. The number of likely N-dealkylation sites (tertiary alicyclic amines) is 1. The SMILES string of the molecule is CN(C(=O)[C@H](CCCN)NC(=O)C(F)(F)F)[C@@H](CC1CC1)C(=O)N1C[C@@]2(C[C@H]1C#N)Oc1cccnc1NC2=O. The number of halogens is 3. The minimum absolute atomic E-state index is 0.0697. The maximum absolute atomic E-state index is 13.9. The van der Waals surface area contributed by atoms with Crippen molar-refractivity contribution in [3.05, 3.63) is 18.3 Å². The number of nitrogens with two attached hydrogens (primary N) is 1. The summed E-state index contributed by atoms with van der Waals surface area (Å²) in [7, 11) is 1.28. The summed E-state index contributed by atoms with van der Waals surface area (Å²) in [6.07, 6.45) is -2.08. The molecule has 4 atom stereocenters. The molecule has 40 heavy (non-hydrogen) atoms. The number of hydrogen-bond acceptors (Lipinski definition) is 8. The molecule has 12 nitrogen and oxygen atoms in total. The van der Waals surface area contributed by atoms with Crippen LogP contribution in [0.25, 0.3) is 0 Å². The summed E-state index contributed by atoms with van der Waals surface area (Å²) in [6.45, 7) is -0.213. The number of carbonyl (C=O) groups is 4. The van der Waals surface area contributed by atoms with Crippen molar-refractivity contribution in [1.29, 1.82) is 5.26 Å². The highest BCUT2D eigenvalue weighted by molar-refractivity contribution is 6.01. The number of fused-ring (bicyclic) bond motifs is 1. The van der Waals surface area contributed by atoms with Gasteiger partial charge in [0.25, 0.3) is 5.91 Å². The Morgan fingerprint density at radius 3 is 2.75 bits per heavy atom. The molecule has 1 aromatic heterocycles. The van der Waals surface area contributed by atoms with Crippen molar-refractivity contribution in [3.8, 4) is 11.8 Å². The first kappa shape index (κ1) is 29.1. The third-order valence-electron chi connectivity index (χ3n) is 7.39. The van der Waals surface area contributed by atoms with E-state index in [1.54, 1.807) is 17.4 Å². The van der Waals surface area contributed by atoms with Gasteiger partial charge in [0.1, 0.15) is 18.1 Å². The Morgan fingerprint density at radius 2 is 2.12 bits per heavy atom. The topological polar surface area (TPSA) is 171 Å². The van der Waals surface area contributed by atoms with Crippen molar-refractivity contribution >= 4 is 29.4 Å². The molecule has 4 amide bonds. The Labute approximate surface area is 228 Å². The smallest absolute Gasteiger partial charge is 0.471 e. The van der Waals surface area contributed by atoms with Crippen LogP contribution in [-0.4, -0.2) is 88.5 Å². The summed E-state index contributed by atoms with van der Waals surface area (Å²) in [5.41, 5.74) is 3.91. The second-order valence-electron chi connectivity index (χ2n) is 10.3. The average molecular weight is 566 g/mol. The Balaban J connectivity index is 1.57. The van der Waals surface area contributed by atoms with Crippen LogP contribution in [0.2, 0.25) is 0 Å². The van der Waals surface area contributed by atoms with Gasteiger partial charge in [0.15, 0.2) is 11.6 Å². The number of nitrogens with zero attached hydrogens (tertiary/aromatic N) is 4. The van der Waals surface area contributed by atoms with Crippen molar-refractivity contribution in [1.82, 2.24) is 20.1 Å². The molecule has 1 spiro atoms. The monoisotopic (exact) mass is 565 g/mol. The highest BCUT2D eigenvalue weighted by atomic mass is 19.4. The molecule has 0 radical (unpaired) electrons. The van der Waals surface area contributed by atoms with Crippen LogP contribution in [-0.2, 0) is 19.2 Å². The second-order valence-corrected chi connectivity index (χ2v) is 10.3. The van der Waals surface area contributed by atoms with Gasteiger partial charge in [-0.3, -0.25) is 19.2 Å². The van der Waals surface area contributed by atoms with Crippen LogP contribution in [0.3, 0.4) is 0 Å². The fraction of sp³-hybridized carbons (Fsp3) is 0.600. The molecule has 0 aromatic carbocycles. The maximum Gasteiger partial charge on any atom is 0.471 e. The van der Waals surface area contributed by atoms with E-state index in [2.05, 4.69) is 10.3 Å². The molecular weight excluding hydrogens is 535 g/mol. The maximum atomic E-state index is 13.9. The zero-order valence-electron chi connectivity index (χ0n) is 21.7. The van der Waals surface area contributed by atoms with E-state index in [1.165, 1.54) is 18.1 Å². The number of ether oxygens (including phenoxy) is 1. The van der Waals surface area contributed by atoms with Gasteiger partial charge in [-0.1, -0.05) is 12.8 Å². The van der Waals surface area contributed by atoms with Crippen LogP contribution in [0.1, 0.15) is 38.5 Å². The van der Waals surface area contributed by atoms with Gasteiger partial charge >= 0.3 is 12.1 Å². The van der Waals surface area contributed by atoms with Gasteiger partial charge < -0.3 is 30.9 Å². The fourth-order valence-corrected chi connectivity index (χ4v) is 5.01. The molecule has 2 aliphatic heterocycles. The predicted molar refractivity (Wildman–Crippen MR) is 132 cm³/mol. The minimum atomic E-state index is -5.21. The number of nitrogens with one attached hydrogen (secondary N) is 2. The lowest BCUT2D eigenvalue weighted by Crippen LogP contribution is -2.58. The molecule has 2 fully saturated rings. The highest BCUT2D eigenvalue weighted by Gasteiger charge is 2.56. The summed E-state index contributed by atoms with van der Waals surface area (Å²) in [5, 5.41) is 14.2. The number of anilines is 1. The van der Waals surface area contributed by atoms with E-state index in [9.17, 15) is 37.6 Å². The van der Waals surface area contributed by atoms with Crippen molar-refractivity contribution in [2.24, 2.45) is 11.7 Å². The molecule has 15 heteroatoms. The van der Waals surface area contributed by atoms with Gasteiger partial charge in [0.2, 0.25) is 17.4 Å². The molecule has 4 rings (SSSR count). The largest absolute Gasteiger partial charge is 0.472 e. The number of aromatic nitrogens is 1. The zero-order valence-corrected chi connectivity index (χ0v) is 21.7. The third-order valence-corrected chi connectivity index (χ3v) is 7.39. The molecule has 216 valence electrons. The molecule has 0 bridgehead atoms. The van der Waals surface area contributed by atoms with E-state index in [0.717, 1.165) is 17.7 Å². The molecule has 1 saturated carbocycles. The number of alkyl halides is 3. The van der Waals surface area contributed by atoms with Crippen molar-refractivity contribution in [3.63, 3.8) is 0 Å². The van der Waals surface area contributed by atoms with Crippen LogP contribution in [0.4, 0.5) is 19.0 Å². The van der Waals surface area contributed by atoms with Crippen LogP contribution < -0.4 is 21.1 Å². The first-order valence-electron chi connectivity index (χ1n) is 12.9.